The number of hydrogen-bond donors (Lipinski definition) is 3. The van der Waals surface area contributed by atoms with E-state index in [9.17, 15) is 4.79 Å². The molecule has 1 atom stereocenters. The average Bonchev–Trinajstić information content (AvgIpc) is 2.61. The third-order valence-corrected chi connectivity index (χ3v) is 4.32. The van der Waals surface area contributed by atoms with E-state index in [0.29, 0.717) is 27.8 Å². The summed E-state index contributed by atoms with van der Waals surface area (Å²) in [5, 5.41) is 2.96. The predicted molar refractivity (Wildman–Crippen MR) is 103 cm³/mol. The van der Waals surface area contributed by atoms with Gasteiger partial charge in [-0.3, -0.25) is 9.78 Å². The zero-order valence-corrected chi connectivity index (χ0v) is 14.7. The molecule has 0 saturated heterocycles. The molecule has 25 heavy (non-hydrogen) atoms. The van der Waals surface area contributed by atoms with Crippen LogP contribution in [0.2, 0.25) is 5.02 Å². The normalized spacial score (nSPS) is 11.8. The summed E-state index contributed by atoms with van der Waals surface area (Å²) in [7, 11) is 0. The first kappa shape index (κ1) is 17.3. The Balaban J connectivity index is 1.91. The summed E-state index contributed by atoms with van der Waals surface area (Å²) in [6, 6.07) is 13.9. The third kappa shape index (κ3) is 4.10. The van der Waals surface area contributed by atoms with E-state index in [-0.39, 0.29) is 5.91 Å². The minimum absolute atomic E-state index is 0.286. The van der Waals surface area contributed by atoms with Crippen LogP contribution in [0.3, 0.4) is 0 Å². The number of rotatable bonds is 4. The molecule has 0 bridgehead atoms. The molecule has 3 N–H and O–H groups in total. The minimum Gasteiger partial charge on any atom is -0.384 e. The number of nitrogen functional groups attached to an aromatic ring is 1. The number of nitrogens with two attached hydrogens (primary N) is 1. The number of amides is 1. The average molecular weight is 371 g/mol. The van der Waals surface area contributed by atoms with Crippen molar-refractivity contribution in [1.29, 1.82) is 0 Å². The van der Waals surface area contributed by atoms with Crippen molar-refractivity contribution in [2.75, 3.05) is 11.1 Å². The second-order valence-corrected chi connectivity index (χ2v) is 6.27. The molecule has 0 fully saturated rings. The number of nitrogens with zero attached hydrogens (tertiary/aromatic N) is 2. The largest absolute Gasteiger partial charge is 0.384 e. The van der Waals surface area contributed by atoms with Crippen LogP contribution in [0.25, 0.3) is 0 Å². The Morgan fingerprint density at radius 2 is 1.96 bits per heavy atom. The Morgan fingerprint density at radius 1 is 1.12 bits per heavy atom. The Hall–Kier alpha value is -2.57. The summed E-state index contributed by atoms with van der Waals surface area (Å²) < 4.78 is 0. The lowest BCUT2D eigenvalue weighted by molar-refractivity contribution is 0.102. The van der Waals surface area contributed by atoms with Crippen molar-refractivity contribution in [3.05, 3.63) is 82.8 Å². The molecule has 3 rings (SSSR count). The Bertz CT molecular complexity index is 919. The first-order valence-electron chi connectivity index (χ1n) is 7.46. The van der Waals surface area contributed by atoms with Gasteiger partial charge in [0.2, 0.25) is 0 Å². The highest BCUT2D eigenvalue weighted by Crippen LogP contribution is 2.30. The molecule has 0 saturated carbocycles. The molecule has 2 aromatic heterocycles. The molecule has 5 nitrogen and oxygen atoms in total. The van der Waals surface area contributed by atoms with Gasteiger partial charge in [-0.1, -0.05) is 17.7 Å². The van der Waals surface area contributed by atoms with Crippen LogP contribution in [0.4, 0.5) is 11.5 Å². The second kappa shape index (κ2) is 7.55. The van der Waals surface area contributed by atoms with E-state index in [1.807, 2.05) is 0 Å². The Morgan fingerprint density at radius 3 is 2.72 bits per heavy atom. The maximum atomic E-state index is 12.7. The van der Waals surface area contributed by atoms with Crippen molar-refractivity contribution in [2.24, 2.45) is 0 Å². The highest BCUT2D eigenvalue weighted by atomic mass is 35.5. The first-order chi connectivity index (χ1) is 12.0. The molecule has 0 aliphatic heterocycles. The van der Waals surface area contributed by atoms with Crippen molar-refractivity contribution in [3.63, 3.8) is 0 Å². The summed E-state index contributed by atoms with van der Waals surface area (Å²) in [5.74, 6) is 0.101. The number of thiol groups is 1. The summed E-state index contributed by atoms with van der Waals surface area (Å²) >= 11 is 10.6. The summed E-state index contributed by atoms with van der Waals surface area (Å²) in [6.07, 6.45) is 3.22. The molecular weight excluding hydrogens is 356 g/mol. The van der Waals surface area contributed by atoms with E-state index in [4.69, 9.17) is 17.3 Å². The number of pyridine rings is 2. The van der Waals surface area contributed by atoms with Crippen molar-refractivity contribution in [3.8, 4) is 0 Å². The van der Waals surface area contributed by atoms with Crippen molar-refractivity contribution in [2.45, 2.75) is 5.25 Å². The van der Waals surface area contributed by atoms with Crippen LogP contribution in [0.1, 0.15) is 26.9 Å². The van der Waals surface area contributed by atoms with Gasteiger partial charge in [-0.25, -0.2) is 4.98 Å². The fourth-order valence-corrected chi connectivity index (χ4v) is 2.94. The number of anilines is 2. The van der Waals surface area contributed by atoms with E-state index in [2.05, 4.69) is 27.9 Å². The minimum atomic E-state index is -0.411. The summed E-state index contributed by atoms with van der Waals surface area (Å²) in [4.78, 5) is 21.0. The topological polar surface area (TPSA) is 80.9 Å². The fourth-order valence-electron chi connectivity index (χ4n) is 2.39. The van der Waals surface area contributed by atoms with Gasteiger partial charge in [-0.15, -0.1) is 0 Å². The van der Waals surface area contributed by atoms with Gasteiger partial charge in [0, 0.05) is 23.1 Å². The van der Waals surface area contributed by atoms with Crippen LogP contribution in [0.15, 0.2) is 60.9 Å². The van der Waals surface area contributed by atoms with Crippen LogP contribution >= 0.6 is 24.2 Å². The quantitative estimate of drug-likeness (QED) is 0.607. The number of halogens is 1. The van der Waals surface area contributed by atoms with Gasteiger partial charge in [0.05, 0.1) is 16.5 Å². The molecule has 0 radical (unpaired) electrons. The van der Waals surface area contributed by atoms with Crippen molar-refractivity contribution < 1.29 is 4.79 Å². The molecule has 0 aliphatic rings. The number of benzene rings is 1. The number of aromatic nitrogens is 2. The lowest BCUT2D eigenvalue weighted by Crippen LogP contribution is -2.16. The lowest BCUT2D eigenvalue weighted by Gasteiger charge is -2.15. The maximum absolute atomic E-state index is 12.7. The van der Waals surface area contributed by atoms with Crippen LogP contribution in [-0.2, 0) is 0 Å². The van der Waals surface area contributed by atoms with Gasteiger partial charge in [0.1, 0.15) is 5.82 Å². The molecule has 0 aliphatic carbocycles. The number of carbonyl (C=O) groups is 1. The Labute approximate surface area is 155 Å². The van der Waals surface area contributed by atoms with E-state index < -0.39 is 5.25 Å². The molecule has 0 spiro atoms. The van der Waals surface area contributed by atoms with Gasteiger partial charge < -0.3 is 11.1 Å². The summed E-state index contributed by atoms with van der Waals surface area (Å²) in [5.41, 5.74) is 8.12. The molecular formula is C18H15ClN4OS. The molecule has 1 unspecified atom stereocenters. The van der Waals surface area contributed by atoms with Gasteiger partial charge in [-0.05, 0) is 48.0 Å². The van der Waals surface area contributed by atoms with Gasteiger partial charge in [0.25, 0.3) is 5.91 Å². The number of nitrogens with one attached hydrogen (secondary N) is 1. The molecule has 3 aromatic rings. The molecule has 126 valence electrons. The van der Waals surface area contributed by atoms with E-state index in [1.165, 1.54) is 0 Å². The zero-order valence-electron chi connectivity index (χ0n) is 13.1. The molecule has 1 aromatic carbocycles. The van der Waals surface area contributed by atoms with Crippen LogP contribution < -0.4 is 11.1 Å². The van der Waals surface area contributed by atoms with Crippen molar-refractivity contribution in [1.82, 2.24) is 9.97 Å². The van der Waals surface area contributed by atoms with Gasteiger partial charge in [0.15, 0.2) is 0 Å². The van der Waals surface area contributed by atoms with Crippen LogP contribution in [0.5, 0.6) is 0 Å². The van der Waals surface area contributed by atoms with E-state index >= 15 is 0 Å². The van der Waals surface area contributed by atoms with Gasteiger partial charge in [-0.2, -0.15) is 12.6 Å². The van der Waals surface area contributed by atoms with E-state index in [0.717, 1.165) is 5.56 Å². The smallest absolute Gasteiger partial charge is 0.257 e. The third-order valence-electron chi connectivity index (χ3n) is 3.55. The molecule has 7 heteroatoms. The SMILES string of the molecule is Nc1cc(C(S)c2ncccc2C(=O)Nc2cccc(Cl)c2)ccn1. The highest BCUT2D eigenvalue weighted by molar-refractivity contribution is 7.80. The molecule has 1 amide bonds. The summed E-state index contributed by atoms with van der Waals surface area (Å²) in [6.45, 7) is 0. The van der Waals surface area contributed by atoms with Crippen molar-refractivity contribution >= 4 is 41.6 Å². The van der Waals surface area contributed by atoms with Crippen LogP contribution in [0, 0.1) is 0 Å². The zero-order chi connectivity index (χ0) is 17.8. The predicted octanol–water partition coefficient (Wildman–Crippen LogP) is 3.98. The Kier molecular flexibility index (Phi) is 5.21. The maximum Gasteiger partial charge on any atom is 0.257 e. The van der Waals surface area contributed by atoms with E-state index in [1.54, 1.807) is 60.9 Å². The van der Waals surface area contributed by atoms with Crippen LogP contribution in [-0.4, -0.2) is 15.9 Å². The standard InChI is InChI=1S/C18H15ClN4OS/c19-12-3-1-4-13(10-12)23-18(24)14-5-2-7-22-16(14)17(25)11-6-8-21-15(20)9-11/h1-10,17,25H,(H2,20,21)(H,23,24). The second-order valence-electron chi connectivity index (χ2n) is 5.32. The fraction of sp³-hybridized carbons (Fsp3) is 0.0556. The number of carbonyl (C=O) groups excluding carboxylic acids is 1. The highest BCUT2D eigenvalue weighted by Gasteiger charge is 2.20. The van der Waals surface area contributed by atoms with Gasteiger partial charge >= 0.3 is 0 Å². The first-order valence-corrected chi connectivity index (χ1v) is 8.35. The molecule has 2 heterocycles. The number of hydrogen-bond acceptors (Lipinski definition) is 5. The lowest BCUT2D eigenvalue weighted by atomic mass is 10.0. The monoisotopic (exact) mass is 370 g/mol.